The molecule has 0 aromatic heterocycles. The van der Waals surface area contributed by atoms with Gasteiger partial charge >= 0.3 is 12.0 Å². The fourth-order valence-electron chi connectivity index (χ4n) is 3.39. The van der Waals surface area contributed by atoms with Crippen LogP contribution < -0.4 is 10.6 Å². The maximum absolute atomic E-state index is 13.0. The third-order valence-corrected chi connectivity index (χ3v) is 5.10. The number of aldehydes is 1. The third kappa shape index (κ3) is 6.30. The van der Waals surface area contributed by atoms with Crippen molar-refractivity contribution in [2.24, 2.45) is 5.41 Å². The quantitative estimate of drug-likeness (QED) is 0.523. The third-order valence-electron chi connectivity index (χ3n) is 5.10. The van der Waals surface area contributed by atoms with E-state index in [2.05, 4.69) is 10.6 Å². The highest BCUT2D eigenvalue weighted by molar-refractivity contribution is 5.90. The molecule has 1 unspecified atom stereocenters. The molecule has 0 aliphatic carbocycles. The molecule has 1 aliphatic rings. The number of rotatable bonds is 7. The van der Waals surface area contributed by atoms with E-state index in [0.717, 1.165) is 18.3 Å². The lowest BCUT2D eigenvalue weighted by molar-refractivity contribution is -0.147. The van der Waals surface area contributed by atoms with E-state index in [1.165, 1.54) is 4.90 Å². The Bertz CT molecular complexity index is 760. The van der Waals surface area contributed by atoms with Gasteiger partial charge in [0.1, 0.15) is 25.0 Å². The lowest BCUT2D eigenvalue weighted by Gasteiger charge is -2.34. The van der Waals surface area contributed by atoms with Crippen LogP contribution in [0.2, 0.25) is 0 Å². The van der Waals surface area contributed by atoms with E-state index in [4.69, 9.17) is 4.74 Å². The van der Waals surface area contributed by atoms with Gasteiger partial charge in [-0.1, -0.05) is 51.1 Å². The van der Waals surface area contributed by atoms with E-state index in [1.54, 1.807) is 6.92 Å². The maximum atomic E-state index is 13.0. The Morgan fingerprint density at radius 2 is 1.90 bits per heavy atom. The molecule has 0 bridgehead atoms. The Hall–Kier alpha value is -2.90. The Morgan fingerprint density at radius 3 is 2.50 bits per heavy atom. The van der Waals surface area contributed by atoms with Crippen molar-refractivity contribution in [1.82, 2.24) is 15.5 Å². The van der Waals surface area contributed by atoms with Gasteiger partial charge in [-0.15, -0.1) is 0 Å². The van der Waals surface area contributed by atoms with Crippen molar-refractivity contribution in [2.75, 3.05) is 13.1 Å². The second-order valence-electron chi connectivity index (χ2n) is 8.55. The summed E-state index contributed by atoms with van der Waals surface area (Å²) in [6.07, 6.45) is 1.71. The number of nitrogens with one attached hydrogen (secondary N) is 2. The summed E-state index contributed by atoms with van der Waals surface area (Å²) < 4.78 is 5.32. The lowest BCUT2D eigenvalue weighted by Crippen LogP contribution is -2.58. The predicted octanol–water partition coefficient (Wildman–Crippen LogP) is 2.19. The monoisotopic (exact) mass is 417 g/mol. The SMILES string of the molecule is C[C@H](OC(=O)CNC(=O)N[C@H](C(=O)N1CCCC1C=O)C(C)(C)C)c1ccccc1. The standard InChI is InChI=1S/C22H31N3O5/c1-15(16-9-6-5-7-10-16)30-18(27)13-23-21(29)24-19(22(2,3)4)20(28)25-12-8-11-17(25)14-26/h5-7,9-10,14-15,17,19H,8,11-13H2,1-4H3,(H2,23,24,29)/t15-,17?,19+/m0/s1. The molecule has 8 nitrogen and oxygen atoms in total. The zero-order chi connectivity index (χ0) is 22.3. The molecule has 0 saturated carbocycles. The minimum absolute atomic E-state index is 0.299. The van der Waals surface area contributed by atoms with Gasteiger partial charge in [-0.2, -0.15) is 0 Å². The molecule has 2 N–H and O–H groups in total. The van der Waals surface area contributed by atoms with Crippen molar-refractivity contribution in [1.29, 1.82) is 0 Å². The summed E-state index contributed by atoms with van der Waals surface area (Å²) in [5.41, 5.74) is 0.274. The Morgan fingerprint density at radius 1 is 1.23 bits per heavy atom. The van der Waals surface area contributed by atoms with Crippen LogP contribution in [0.3, 0.4) is 0 Å². The second kappa shape index (κ2) is 10.2. The van der Waals surface area contributed by atoms with Crippen LogP contribution in [0.1, 0.15) is 52.2 Å². The maximum Gasteiger partial charge on any atom is 0.326 e. The predicted molar refractivity (Wildman–Crippen MR) is 112 cm³/mol. The number of benzene rings is 1. The molecular formula is C22H31N3O5. The van der Waals surface area contributed by atoms with Crippen LogP contribution in [-0.2, 0) is 19.1 Å². The number of urea groups is 1. The van der Waals surface area contributed by atoms with Crippen molar-refractivity contribution in [3.8, 4) is 0 Å². The summed E-state index contributed by atoms with van der Waals surface area (Å²) in [5.74, 6) is -0.881. The van der Waals surface area contributed by atoms with Crippen molar-refractivity contribution >= 4 is 24.2 Å². The summed E-state index contributed by atoms with van der Waals surface area (Å²) >= 11 is 0. The van der Waals surface area contributed by atoms with Crippen molar-refractivity contribution < 1.29 is 23.9 Å². The number of hydrogen-bond donors (Lipinski definition) is 2. The molecule has 1 fully saturated rings. The number of esters is 1. The minimum Gasteiger partial charge on any atom is -0.456 e. The van der Waals surface area contributed by atoms with Crippen LogP contribution >= 0.6 is 0 Å². The number of hydrogen-bond acceptors (Lipinski definition) is 5. The highest BCUT2D eigenvalue weighted by Gasteiger charge is 2.39. The van der Waals surface area contributed by atoms with Gasteiger partial charge in [0, 0.05) is 6.54 Å². The molecular weight excluding hydrogens is 386 g/mol. The number of likely N-dealkylation sites (tertiary alicyclic amines) is 1. The highest BCUT2D eigenvalue weighted by atomic mass is 16.5. The fraction of sp³-hybridized carbons (Fsp3) is 0.545. The first kappa shape index (κ1) is 23.4. The van der Waals surface area contributed by atoms with Crippen LogP contribution in [0.5, 0.6) is 0 Å². The Kier molecular flexibility index (Phi) is 7.97. The average molecular weight is 418 g/mol. The van der Waals surface area contributed by atoms with Gasteiger partial charge in [-0.3, -0.25) is 9.59 Å². The average Bonchev–Trinajstić information content (AvgIpc) is 3.18. The molecule has 30 heavy (non-hydrogen) atoms. The molecule has 1 aliphatic heterocycles. The van der Waals surface area contributed by atoms with Gasteiger partial charge in [-0.05, 0) is 30.7 Å². The summed E-state index contributed by atoms with van der Waals surface area (Å²) in [4.78, 5) is 50.1. The van der Waals surface area contributed by atoms with Gasteiger partial charge in [0.05, 0.1) is 6.04 Å². The largest absolute Gasteiger partial charge is 0.456 e. The molecule has 3 amide bonds. The molecule has 8 heteroatoms. The van der Waals surface area contributed by atoms with Crippen molar-refractivity contribution in [2.45, 2.75) is 58.7 Å². The molecule has 1 aromatic rings. The number of nitrogens with zero attached hydrogens (tertiary/aromatic N) is 1. The van der Waals surface area contributed by atoms with E-state index >= 15 is 0 Å². The zero-order valence-electron chi connectivity index (χ0n) is 18.0. The minimum atomic E-state index is -0.836. The smallest absolute Gasteiger partial charge is 0.326 e. The van der Waals surface area contributed by atoms with Crippen LogP contribution in [0, 0.1) is 5.41 Å². The summed E-state index contributed by atoms with van der Waals surface area (Å²) in [6.45, 7) is 7.41. The summed E-state index contributed by atoms with van der Waals surface area (Å²) in [5, 5.41) is 5.10. The van der Waals surface area contributed by atoms with Crippen molar-refractivity contribution in [3.05, 3.63) is 35.9 Å². The van der Waals surface area contributed by atoms with Gasteiger partial charge in [0.15, 0.2) is 0 Å². The number of ether oxygens (including phenoxy) is 1. The van der Waals surface area contributed by atoms with Gasteiger partial charge in [-0.25, -0.2) is 4.79 Å². The molecule has 164 valence electrons. The Labute approximate surface area is 177 Å². The lowest BCUT2D eigenvalue weighted by atomic mass is 9.85. The van der Waals surface area contributed by atoms with E-state index in [1.807, 2.05) is 51.1 Å². The molecule has 0 spiro atoms. The van der Waals surface area contributed by atoms with Crippen molar-refractivity contribution in [3.63, 3.8) is 0 Å². The highest BCUT2D eigenvalue weighted by Crippen LogP contribution is 2.25. The summed E-state index contributed by atoms with van der Waals surface area (Å²) in [6, 6.07) is 7.34. The first-order valence-electron chi connectivity index (χ1n) is 10.2. The fourth-order valence-corrected chi connectivity index (χ4v) is 3.39. The normalized spacial score (nSPS) is 18.3. The molecule has 1 saturated heterocycles. The molecule has 1 aromatic carbocycles. The van der Waals surface area contributed by atoms with Crippen LogP contribution in [-0.4, -0.2) is 54.3 Å². The van der Waals surface area contributed by atoms with Gasteiger partial charge in [0.2, 0.25) is 5.91 Å². The molecule has 2 rings (SSSR count). The molecule has 1 heterocycles. The van der Waals surface area contributed by atoms with E-state index in [-0.39, 0.29) is 12.5 Å². The molecule has 0 radical (unpaired) electrons. The zero-order valence-corrected chi connectivity index (χ0v) is 18.0. The topological polar surface area (TPSA) is 105 Å². The number of carbonyl (C=O) groups is 4. The first-order valence-corrected chi connectivity index (χ1v) is 10.2. The van der Waals surface area contributed by atoms with E-state index in [9.17, 15) is 19.2 Å². The summed E-state index contributed by atoms with van der Waals surface area (Å²) in [7, 11) is 0. The van der Waals surface area contributed by atoms with E-state index < -0.39 is 35.6 Å². The van der Waals surface area contributed by atoms with E-state index in [0.29, 0.717) is 13.0 Å². The second-order valence-corrected chi connectivity index (χ2v) is 8.55. The number of carbonyl (C=O) groups excluding carboxylic acids is 4. The first-order chi connectivity index (χ1) is 14.1. The van der Waals surface area contributed by atoms with Gasteiger partial charge in [0.25, 0.3) is 0 Å². The van der Waals surface area contributed by atoms with Crippen LogP contribution in [0.4, 0.5) is 4.79 Å². The molecule has 3 atom stereocenters. The van der Waals surface area contributed by atoms with Crippen LogP contribution in [0.25, 0.3) is 0 Å². The Balaban J connectivity index is 1.90. The van der Waals surface area contributed by atoms with Gasteiger partial charge < -0.3 is 25.1 Å². The number of amides is 3. The van der Waals surface area contributed by atoms with Crippen LogP contribution in [0.15, 0.2) is 30.3 Å².